The molecule has 17 heavy (non-hydrogen) atoms. The highest BCUT2D eigenvalue weighted by Gasteiger charge is 2.10. The quantitative estimate of drug-likeness (QED) is 0.652. The van der Waals surface area contributed by atoms with Crippen molar-refractivity contribution in [2.75, 3.05) is 11.1 Å². The molecule has 0 spiro atoms. The summed E-state index contributed by atoms with van der Waals surface area (Å²) in [6.07, 6.45) is 1.39. The summed E-state index contributed by atoms with van der Waals surface area (Å²) < 4.78 is 0. The molecular weight excluding hydrogens is 244 g/mol. The molecule has 0 unspecified atom stereocenters. The summed E-state index contributed by atoms with van der Waals surface area (Å²) in [4.78, 5) is 11.8. The fourth-order valence-electron chi connectivity index (χ4n) is 1.23. The van der Waals surface area contributed by atoms with Crippen molar-refractivity contribution in [1.82, 2.24) is 10.2 Å². The minimum absolute atomic E-state index is 0.0794. The smallest absolute Gasteiger partial charge is 0.256 e. The Hall–Kier alpha value is -2.21. The standard InChI is InChI=1S/C10H9ClN4O2/c11-6-3-5(1-2-8(6)16)10(17)14-9-7(12)4-13-15-9/h1-4,16H,12H2,(H2,13,14,15,17). The second kappa shape index (κ2) is 4.34. The molecular formula is C10H9ClN4O2. The van der Waals surface area contributed by atoms with Gasteiger partial charge in [-0.05, 0) is 18.2 Å². The number of nitrogens with one attached hydrogen (secondary N) is 2. The minimum atomic E-state index is -0.400. The Bertz CT molecular complexity index is 567. The van der Waals surface area contributed by atoms with E-state index in [4.69, 9.17) is 17.3 Å². The van der Waals surface area contributed by atoms with Gasteiger partial charge in [0.2, 0.25) is 0 Å². The van der Waals surface area contributed by atoms with E-state index in [1.165, 1.54) is 24.4 Å². The number of hydrogen-bond acceptors (Lipinski definition) is 4. The molecule has 0 saturated heterocycles. The lowest BCUT2D eigenvalue weighted by atomic mass is 10.2. The van der Waals surface area contributed by atoms with Crippen LogP contribution in [0.15, 0.2) is 24.4 Å². The van der Waals surface area contributed by atoms with Crippen LogP contribution in [-0.4, -0.2) is 21.2 Å². The molecule has 5 N–H and O–H groups in total. The summed E-state index contributed by atoms with van der Waals surface area (Å²) in [6, 6.07) is 4.15. The maximum atomic E-state index is 11.8. The van der Waals surface area contributed by atoms with Crippen molar-refractivity contribution in [3.8, 4) is 5.75 Å². The Morgan fingerprint density at radius 1 is 1.53 bits per heavy atom. The zero-order valence-corrected chi connectivity index (χ0v) is 9.32. The van der Waals surface area contributed by atoms with Crippen LogP contribution in [-0.2, 0) is 0 Å². The Labute approximate surface area is 101 Å². The molecule has 0 radical (unpaired) electrons. The number of nitrogens with two attached hydrogens (primary N) is 1. The van der Waals surface area contributed by atoms with E-state index in [9.17, 15) is 9.90 Å². The largest absolute Gasteiger partial charge is 0.506 e. The van der Waals surface area contributed by atoms with Gasteiger partial charge in [0.15, 0.2) is 5.82 Å². The minimum Gasteiger partial charge on any atom is -0.506 e. The second-order valence-corrected chi connectivity index (χ2v) is 3.73. The monoisotopic (exact) mass is 252 g/mol. The van der Waals surface area contributed by atoms with Gasteiger partial charge < -0.3 is 16.2 Å². The number of carbonyl (C=O) groups is 1. The fraction of sp³-hybridized carbons (Fsp3) is 0. The van der Waals surface area contributed by atoms with E-state index in [1.807, 2.05) is 0 Å². The lowest BCUT2D eigenvalue weighted by Crippen LogP contribution is -2.13. The number of aromatic nitrogens is 2. The van der Waals surface area contributed by atoms with Crippen LogP contribution in [0, 0.1) is 0 Å². The van der Waals surface area contributed by atoms with Gasteiger partial charge in [0, 0.05) is 5.56 Å². The summed E-state index contributed by atoms with van der Waals surface area (Å²) in [7, 11) is 0. The number of benzene rings is 1. The third-order valence-electron chi connectivity index (χ3n) is 2.12. The Morgan fingerprint density at radius 2 is 2.29 bits per heavy atom. The topological polar surface area (TPSA) is 104 Å². The van der Waals surface area contributed by atoms with Crippen LogP contribution in [0.2, 0.25) is 5.02 Å². The highest BCUT2D eigenvalue weighted by molar-refractivity contribution is 6.32. The van der Waals surface area contributed by atoms with Gasteiger partial charge in [-0.3, -0.25) is 9.89 Å². The van der Waals surface area contributed by atoms with Crippen molar-refractivity contribution in [3.63, 3.8) is 0 Å². The number of rotatable bonds is 2. The predicted molar refractivity (Wildman–Crippen MR) is 64.1 cm³/mol. The van der Waals surface area contributed by atoms with Crippen molar-refractivity contribution in [1.29, 1.82) is 0 Å². The molecule has 0 bridgehead atoms. The van der Waals surface area contributed by atoms with Gasteiger partial charge in [-0.25, -0.2) is 0 Å². The zero-order valence-electron chi connectivity index (χ0n) is 8.57. The maximum Gasteiger partial charge on any atom is 0.256 e. The van der Waals surface area contributed by atoms with Gasteiger partial charge >= 0.3 is 0 Å². The molecule has 0 aliphatic carbocycles. The van der Waals surface area contributed by atoms with Crippen LogP contribution in [0.1, 0.15) is 10.4 Å². The first-order valence-electron chi connectivity index (χ1n) is 4.66. The second-order valence-electron chi connectivity index (χ2n) is 3.32. The lowest BCUT2D eigenvalue weighted by Gasteiger charge is -2.04. The van der Waals surface area contributed by atoms with Crippen molar-refractivity contribution in [2.45, 2.75) is 0 Å². The first-order valence-corrected chi connectivity index (χ1v) is 5.04. The van der Waals surface area contributed by atoms with Gasteiger partial charge in [0.1, 0.15) is 5.75 Å². The molecule has 6 nitrogen and oxygen atoms in total. The molecule has 7 heteroatoms. The summed E-state index contributed by atoms with van der Waals surface area (Å²) in [6.45, 7) is 0. The SMILES string of the molecule is Nc1cn[nH]c1NC(=O)c1ccc(O)c(Cl)c1. The first kappa shape index (κ1) is 11.3. The van der Waals surface area contributed by atoms with Crippen LogP contribution in [0.3, 0.4) is 0 Å². The van der Waals surface area contributed by atoms with E-state index in [1.54, 1.807) is 0 Å². The van der Waals surface area contributed by atoms with E-state index >= 15 is 0 Å². The lowest BCUT2D eigenvalue weighted by molar-refractivity contribution is 0.102. The molecule has 88 valence electrons. The number of phenolic OH excluding ortho intramolecular Hbond substituents is 1. The highest BCUT2D eigenvalue weighted by Crippen LogP contribution is 2.24. The Balaban J connectivity index is 2.20. The number of phenols is 1. The summed E-state index contributed by atoms with van der Waals surface area (Å²) in [5.41, 5.74) is 6.19. The van der Waals surface area contributed by atoms with E-state index in [0.29, 0.717) is 17.1 Å². The molecule has 0 aliphatic rings. The molecule has 1 aromatic heterocycles. The number of nitrogens with zero attached hydrogens (tertiary/aromatic N) is 1. The van der Waals surface area contributed by atoms with Gasteiger partial charge in [0.05, 0.1) is 16.9 Å². The normalized spacial score (nSPS) is 10.2. The average molecular weight is 253 g/mol. The summed E-state index contributed by atoms with van der Waals surface area (Å²) in [5.74, 6) is -0.161. The number of nitrogen functional groups attached to an aromatic ring is 1. The Kier molecular flexibility index (Phi) is 2.88. The molecule has 1 heterocycles. The summed E-state index contributed by atoms with van der Waals surface area (Å²) >= 11 is 5.70. The molecule has 0 atom stereocenters. The van der Waals surface area contributed by atoms with E-state index < -0.39 is 5.91 Å². The van der Waals surface area contributed by atoms with Gasteiger partial charge in [-0.15, -0.1) is 0 Å². The van der Waals surface area contributed by atoms with Crippen LogP contribution in [0.5, 0.6) is 5.75 Å². The van der Waals surface area contributed by atoms with Crippen molar-refractivity contribution in [3.05, 3.63) is 35.0 Å². The number of carbonyl (C=O) groups excluding carboxylic acids is 1. The number of anilines is 2. The van der Waals surface area contributed by atoms with Crippen molar-refractivity contribution in [2.24, 2.45) is 0 Å². The van der Waals surface area contributed by atoms with Crippen molar-refractivity contribution >= 4 is 29.0 Å². The number of amides is 1. The third-order valence-corrected chi connectivity index (χ3v) is 2.42. The summed E-state index contributed by atoms with van der Waals surface area (Å²) in [5, 5.41) is 18.1. The molecule has 0 fully saturated rings. The molecule has 0 saturated carbocycles. The number of hydrogen-bond donors (Lipinski definition) is 4. The van der Waals surface area contributed by atoms with E-state index in [-0.39, 0.29) is 10.8 Å². The zero-order chi connectivity index (χ0) is 12.4. The van der Waals surface area contributed by atoms with Crippen molar-refractivity contribution < 1.29 is 9.90 Å². The highest BCUT2D eigenvalue weighted by atomic mass is 35.5. The number of aromatic hydroxyl groups is 1. The average Bonchev–Trinajstić information content (AvgIpc) is 2.68. The molecule has 0 aliphatic heterocycles. The maximum absolute atomic E-state index is 11.8. The molecule has 2 rings (SSSR count). The van der Waals surface area contributed by atoms with Gasteiger partial charge in [-0.1, -0.05) is 11.6 Å². The third kappa shape index (κ3) is 2.31. The fourth-order valence-corrected chi connectivity index (χ4v) is 1.41. The molecule has 1 aromatic carbocycles. The van der Waals surface area contributed by atoms with E-state index in [2.05, 4.69) is 15.5 Å². The number of aromatic amines is 1. The predicted octanol–water partition coefficient (Wildman–Crippen LogP) is 1.60. The van der Waals surface area contributed by atoms with Gasteiger partial charge in [-0.2, -0.15) is 5.10 Å². The first-order chi connectivity index (χ1) is 8.08. The van der Waals surface area contributed by atoms with E-state index in [0.717, 1.165) is 0 Å². The number of H-pyrrole nitrogens is 1. The van der Waals surface area contributed by atoms with Crippen LogP contribution < -0.4 is 11.1 Å². The van der Waals surface area contributed by atoms with Crippen LogP contribution in [0.4, 0.5) is 11.5 Å². The molecule has 2 aromatic rings. The van der Waals surface area contributed by atoms with Gasteiger partial charge in [0.25, 0.3) is 5.91 Å². The Morgan fingerprint density at radius 3 is 2.88 bits per heavy atom. The number of halogens is 1. The van der Waals surface area contributed by atoms with Crippen LogP contribution in [0.25, 0.3) is 0 Å². The van der Waals surface area contributed by atoms with Crippen LogP contribution >= 0.6 is 11.6 Å². The molecule has 1 amide bonds.